The van der Waals surface area contributed by atoms with Crippen LogP contribution in [0.2, 0.25) is 0 Å². The van der Waals surface area contributed by atoms with Gasteiger partial charge >= 0.3 is 0 Å². The van der Waals surface area contributed by atoms with Crippen LogP contribution in [0.5, 0.6) is 11.5 Å². The summed E-state index contributed by atoms with van der Waals surface area (Å²) in [6.07, 6.45) is 0.861. The van der Waals surface area contributed by atoms with Gasteiger partial charge in [-0.05, 0) is 38.8 Å². The summed E-state index contributed by atoms with van der Waals surface area (Å²) in [4.78, 5) is 14.1. The van der Waals surface area contributed by atoms with Crippen LogP contribution in [0.3, 0.4) is 0 Å². The highest BCUT2D eigenvalue weighted by Crippen LogP contribution is 2.30. The molecule has 5 heteroatoms. The van der Waals surface area contributed by atoms with Crippen molar-refractivity contribution in [1.29, 1.82) is 0 Å². The van der Waals surface area contributed by atoms with Crippen molar-refractivity contribution in [2.75, 3.05) is 20.2 Å². The molecular weight excluding hydrogens is 270 g/mol. The van der Waals surface area contributed by atoms with Crippen LogP contribution in [-0.2, 0) is 4.79 Å². The van der Waals surface area contributed by atoms with Crippen LogP contribution in [0.4, 0.5) is 0 Å². The van der Waals surface area contributed by atoms with Gasteiger partial charge in [0.25, 0.3) is 5.91 Å². The number of carbonyl (C=O) groups is 1. The van der Waals surface area contributed by atoms with E-state index in [0.717, 1.165) is 25.9 Å². The molecule has 2 rings (SSSR count). The summed E-state index contributed by atoms with van der Waals surface area (Å²) in [7, 11) is 1.57. The Morgan fingerprint density at radius 3 is 2.52 bits per heavy atom. The average Bonchev–Trinajstić information content (AvgIpc) is 3.00. The number of hydrogen-bond donors (Lipinski definition) is 1. The Hall–Kier alpha value is -1.75. The molecule has 1 unspecified atom stereocenters. The third-order valence-electron chi connectivity index (χ3n) is 3.74. The average molecular weight is 293 g/mol. The third-order valence-corrected chi connectivity index (χ3v) is 3.74. The summed E-state index contributed by atoms with van der Waals surface area (Å²) >= 11 is 0. The van der Waals surface area contributed by atoms with Gasteiger partial charge in [0.15, 0.2) is 6.10 Å². The minimum absolute atomic E-state index is 0.00753. The maximum atomic E-state index is 12.3. The van der Waals surface area contributed by atoms with Crippen molar-refractivity contribution in [2.24, 2.45) is 0 Å². The quantitative estimate of drug-likeness (QED) is 0.903. The van der Waals surface area contributed by atoms with Crippen molar-refractivity contribution in [3.05, 3.63) is 23.8 Å². The largest absolute Gasteiger partial charge is 0.497 e. The lowest BCUT2D eigenvalue weighted by Gasteiger charge is -2.23. The van der Waals surface area contributed by atoms with E-state index in [1.807, 2.05) is 4.90 Å². The van der Waals surface area contributed by atoms with Crippen molar-refractivity contribution in [1.82, 2.24) is 4.90 Å². The number of likely N-dealkylation sites (tertiary alicyclic amines) is 1. The molecule has 1 N–H and O–H groups in total. The molecule has 2 atom stereocenters. The Morgan fingerprint density at radius 2 is 1.95 bits per heavy atom. The van der Waals surface area contributed by atoms with Gasteiger partial charge in [0, 0.05) is 24.7 Å². The van der Waals surface area contributed by atoms with E-state index in [2.05, 4.69) is 0 Å². The van der Waals surface area contributed by atoms with Crippen molar-refractivity contribution in [2.45, 2.75) is 38.9 Å². The summed E-state index contributed by atoms with van der Waals surface area (Å²) in [5, 5.41) is 9.82. The highest BCUT2D eigenvalue weighted by atomic mass is 16.5. The Labute approximate surface area is 125 Å². The minimum Gasteiger partial charge on any atom is -0.497 e. The molecule has 0 aromatic heterocycles. The molecule has 5 nitrogen and oxygen atoms in total. The molecule has 1 aliphatic rings. The van der Waals surface area contributed by atoms with Crippen molar-refractivity contribution in [3.63, 3.8) is 0 Å². The van der Waals surface area contributed by atoms with Crippen LogP contribution >= 0.6 is 0 Å². The lowest BCUT2D eigenvalue weighted by atomic mass is 10.1. The van der Waals surface area contributed by atoms with Crippen LogP contribution in [0.25, 0.3) is 0 Å². The van der Waals surface area contributed by atoms with E-state index in [-0.39, 0.29) is 5.91 Å². The Balaban J connectivity index is 2.14. The van der Waals surface area contributed by atoms with Crippen LogP contribution in [-0.4, -0.2) is 42.2 Å². The molecule has 1 aliphatic heterocycles. The van der Waals surface area contributed by atoms with Crippen molar-refractivity contribution in [3.8, 4) is 11.5 Å². The van der Waals surface area contributed by atoms with E-state index in [1.54, 1.807) is 39.2 Å². The van der Waals surface area contributed by atoms with Crippen molar-refractivity contribution >= 4 is 5.91 Å². The predicted octanol–water partition coefficient (Wildman–Crippen LogP) is 2.14. The molecule has 1 aromatic rings. The molecule has 0 bridgehead atoms. The van der Waals surface area contributed by atoms with E-state index in [0.29, 0.717) is 17.1 Å². The second-order valence-electron chi connectivity index (χ2n) is 5.37. The van der Waals surface area contributed by atoms with E-state index in [1.165, 1.54) is 0 Å². The first kappa shape index (κ1) is 15.6. The monoisotopic (exact) mass is 293 g/mol. The van der Waals surface area contributed by atoms with Gasteiger partial charge in [0.1, 0.15) is 11.5 Å². The number of ether oxygens (including phenoxy) is 2. The zero-order valence-electron chi connectivity index (χ0n) is 12.8. The first-order valence-electron chi connectivity index (χ1n) is 7.34. The van der Waals surface area contributed by atoms with Gasteiger partial charge in [0.2, 0.25) is 0 Å². The molecule has 1 amide bonds. The summed E-state index contributed by atoms with van der Waals surface area (Å²) in [5.41, 5.74) is 0.650. The fourth-order valence-electron chi connectivity index (χ4n) is 2.52. The smallest absolute Gasteiger partial charge is 0.263 e. The number of hydrogen-bond acceptors (Lipinski definition) is 4. The second kappa shape index (κ2) is 6.80. The fraction of sp³-hybridized carbons (Fsp3) is 0.562. The molecule has 1 fully saturated rings. The minimum atomic E-state index is -0.667. The maximum Gasteiger partial charge on any atom is 0.263 e. The van der Waals surface area contributed by atoms with Gasteiger partial charge in [-0.1, -0.05) is 0 Å². The zero-order valence-corrected chi connectivity index (χ0v) is 12.8. The number of aliphatic hydroxyl groups is 1. The van der Waals surface area contributed by atoms with Crippen LogP contribution in [0.15, 0.2) is 18.2 Å². The van der Waals surface area contributed by atoms with Crippen LogP contribution in [0, 0.1) is 0 Å². The SMILES string of the molecule is COc1ccc([C@H](C)O)c(OC(C)C(=O)N2CCCC2)c1. The molecule has 21 heavy (non-hydrogen) atoms. The molecular formula is C16H23NO4. The number of rotatable bonds is 5. The summed E-state index contributed by atoms with van der Waals surface area (Å²) in [6, 6.07) is 5.23. The predicted molar refractivity (Wildman–Crippen MR) is 79.5 cm³/mol. The summed E-state index contributed by atoms with van der Waals surface area (Å²) in [6.45, 7) is 5.01. The normalized spacial score (nSPS) is 17.4. The lowest BCUT2D eigenvalue weighted by molar-refractivity contribution is -0.136. The number of benzene rings is 1. The third kappa shape index (κ3) is 3.67. The van der Waals surface area contributed by atoms with Crippen LogP contribution < -0.4 is 9.47 Å². The first-order valence-corrected chi connectivity index (χ1v) is 7.34. The molecule has 0 radical (unpaired) electrons. The van der Waals surface area contributed by atoms with E-state index in [9.17, 15) is 9.90 Å². The summed E-state index contributed by atoms with van der Waals surface area (Å²) < 4.78 is 11.0. The van der Waals surface area contributed by atoms with Crippen molar-refractivity contribution < 1.29 is 19.4 Å². The van der Waals surface area contributed by atoms with Crippen LogP contribution in [0.1, 0.15) is 38.4 Å². The molecule has 1 heterocycles. The molecule has 1 aromatic carbocycles. The fourth-order valence-corrected chi connectivity index (χ4v) is 2.52. The Kier molecular flexibility index (Phi) is 5.07. The molecule has 0 spiro atoms. The number of nitrogens with zero attached hydrogens (tertiary/aromatic N) is 1. The second-order valence-corrected chi connectivity index (χ2v) is 5.37. The van der Waals surface area contributed by atoms with Gasteiger partial charge in [-0.25, -0.2) is 0 Å². The zero-order chi connectivity index (χ0) is 15.4. The lowest BCUT2D eigenvalue weighted by Crippen LogP contribution is -2.38. The number of methoxy groups -OCH3 is 1. The highest BCUT2D eigenvalue weighted by molar-refractivity contribution is 5.81. The van der Waals surface area contributed by atoms with Gasteiger partial charge in [-0.2, -0.15) is 0 Å². The van der Waals surface area contributed by atoms with Gasteiger partial charge in [-0.3, -0.25) is 4.79 Å². The first-order chi connectivity index (χ1) is 10.0. The number of amides is 1. The van der Waals surface area contributed by atoms with Gasteiger partial charge < -0.3 is 19.5 Å². The van der Waals surface area contributed by atoms with Gasteiger partial charge in [0.05, 0.1) is 13.2 Å². The number of aliphatic hydroxyl groups excluding tert-OH is 1. The Morgan fingerprint density at radius 1 is 1.29 bits per heavy atom. The molecule has 1 saturated heterocycles. The standard InChI is InChI=1S/C16H23NO4/c1-11(18)14-7-6-13(20-3)10-15(14)21-12(2)16(19)17-8-4-5-9-17/h6-7,10-12,18H,4-5,8-9H2,1-3H3/t11-,12?/m0/s1. The Bertz CT molecular complexity index is 495. The topological polar surface area (TPSA) is 59.0 Å². The maximum absolute atomic E-state index is 12.3. The van der Waals surface area contributed by atoms with E-state index in [4.69, 9.17) is 9.47 Å². The highest BCUT2D eigenvalue weighted by Gasteiger charge is 2.25. The van der Waals surface area contributed by atoms with Gasteiger partial charge in [-0.15, -0.1) is 0 Å². The van der Waals surface area contributed by atoms with E-state index >= 15 is 0 Å². The molecule has 116 valence electrons. The molecule has 0 saturated carbocycles. The summed E-state index contributed by atoms with van der Waals surface area (Å²) in [5.74, 6) is 1.12. The number of carbonyl (C=O) groups excluding carboxylic acids is 1. The molecule has 0 aliphatic carbocycles. The van der Waals surface area contributed by atoms with E-state index < -0.39 is 12.2 Å².